The minimum absolute atomic E-state index is 0.276. The Bertz CT molecular complexity index is 220. The lowest BCUT2D eigenvalue weighted by molar-refractivity contribution is -0.121. The molecular formula is C12H20BrNO. The fourth-order valence-electron chi connectivity index (χ4n) is 2.24. The Morgan fingerprint density at radius 1 is 1.07 bits per heavy atom. The smallest absolute Gasteiger partial charge is 0.220 e. The van der Waals surface area contributed by atoms with Crippen LogP contribution in [-0.2, 0) is 4.79 Å². The lowest BCUT2D eigenvalue weighted by Gasteiger charge is -2.25. The highest BCUT2D eigenvalue weighted by Crippen LogP contribution is 2.32. The van der Waals surface area contributed by atoms with Gasteiger partial charge < -0.3 is 5.32 Å². The molecule has 2 fully saturated rings. The van der Waals surface area contributed by atoms with Gasteiger partial charge in [-0.15, -0.1) is 0 Å². The van der Waals surface area contributed by atoms with E-state index in [2.05, 4.69) is 21.2 Å². The summed E-state index contributed by atoms with van der Waals surface area (Å²) < 4.78 is 0. The average Bonchev–Trinajstić information content (AvgIpc) is 3.01. The van der Waals surface area contributed by atoms with E-state index in [1.165, 1.54) is 38.5 Å². The minimum atomic E-state index is 0.276. The monoisotopic (exact) mass is 273 g/mol. The molecule has 1 amide bonds. The summed E-state index contributed by atoms with van der Waals surface area (Å²) in [7, 11) is 0. The molecule has 0 aromatic rings. The van der Waals surface area contributed by atoms with E-state index in [9.17, 15) is 4.79 Å². The van der Waals surface area contributed by atoms with Crippen LogP contribution in [-0.4, -0.2) is 17.3 Å². The summed E-state index contributed by atoms with van der Waals surface area (Å²) in [5.74, 6) is 1.71. The van der Waals surface area contributed by atoms with Crippen LogP contribution in [0.3, 0.4) is 0 Å². The Kier molecular flexibility index (Phi) is 4.06. The second-order valence-corrected chi connectivity index (χ2v) is 6.36. The number of carbonyl (C=O) groups excluding carboxylic acids is 1. The van der Waals surface area contributed by atoms with Crippen LogP contribution in [0.4, 0.5) is 0 Å². The Morgan fingerprint density at radius 3 is 2.27 bits per heavy atom. The van der Waals surface area contributed by atoms with Crippen molar-refractivity contribution in [1.29, 1.82) is 0 Å². The molecule has 0 radical (unpaired) electrons. The van der Waals surface area contributed by atoms with Gasteiger partial charge in [0.2, 0.25) is 5.91 Å². The van der Waals surface area contributed by atoms with E-state index in [0.29, 0.717) is 5.92 Å². The molecule has 2 nitrogen and oxygen atoms in total. The SMILES string of the molecule is O=C(CC1CC1)NCC1CCC(Br)CC1. The molecule has 2 aliphatic carbocycles. The third-order valence-electron chi connectivity index (χ3n) is 3.54. The maximum Gasteiger partial charge on any atom is 0.220 e. The topological polar surface area (TPSA) is 29.1 Å². The molecule has 15 heavy (non-hydrogen) atoms. The van der Waals surface area contributed by atoms with Gasteiger partial charge in [0.1, 0.15) is 0 Å². The summed E-state index contributed by atoms with van der Waals surface area (Å²) in [6.07, 6.45) is 8.36. The molecule has 86 valence electrons. The van der Waals surface area contributed by atoms with Crippen LogP contribution < -0.4 is 5.32 Å². The highest BCUT2D eigenvalue weighted by atomic mass is 79.9. The van der Waals surface area contributed by atoms with E-state index in [4.69, 9.17) is 0 Å². The molecule has 0 aromatic carbocycles. The third-order valence-corrected chi connectivity index (χ3v) is 4.45. The first-order chi connectivity index (χ1) is 7.24. The zero-order chi connectivity index (χ0) is 10.7. The average molecular weight is 274 g/mol. The van der Waals surface area contributed by atoms with E-state index in [1.54, 1.807) is 0 Å². The molecule has 2 saturated carbocycles. The molecule has 0 heterocycles. The van der Waals surface area contributed by atoms with Crippen LogP contribution in [0.25, 0.3) is 0 Å². The van der Waals surface area contributed by atoms with Gasteiger partial charge in [0.15, 0.2) is 0 Å². The fraction of sp³-hybridized carbons (Fsp3) is 0.917. The van der Waals surface area contributed by atoms with Gasteiger partial charge in [-0.05, 0) is 50.4 Å². The molecule has 0 atom stereocenters. The highest BCUT2D eigenvalue weighted by molar-refractivity contribution is 9.09. The van der Waals surface area contributed by atoms with Crippen LogP contribution in [0.15, 0.2) is 0 Å². The van der Waals surface area contributed by atoms with Crippen molar-refractivity contribution >= 4 is 21.8 Å². The van der Waals surface area contributed by atoms with Crippen LogP contribution in [0.5, 0.6) is 0 Å². The van der Waals surface area contributed by atoms with Gasteiger partial charge in [-0.3, -0.25) is 4.79 Å². The lowest BCUT2D eigenvalue weighted by atomic mass is 9.89. The van der Waals surface area contributed by atoms with Gasteiger partial charge >= 0.3 is 0 Å². The van der Waals surface area contributed by atoms with Crippen molar-refractivity contribution < 1.29 is 4.79 Å². The maximum atomic E-state index is 11.5. The predicted octanol–water partition coefficient (Wildman–Crippen LogP) is 2.86. The van der Waals surface area contributed by atoms with Crippen molar-refractivity contribution in [3.63, 3.8) is 0 Å². The van der Waals surface area contributed by atoms with E-state index in [1.807, 2.05) is 0 Å². The van der Waals surface area contributed by atoms with Crippen molar-refractivity contribution in [2.75, 3.05) is 6.54 Å². The summed E-state index contributed by atoms with van der Waals surface area (Å²) in [6.45, 7) is 0.908. The number of hydrogen-bond acceptors (Lipinski definition) is 1. The van der Waals surface area contributed by atoms with E-state index >= 15 is 0 Å². The molecule has 0 aromatic heterocycles. The molecule has 0 saturated heterocycles. The summed E-state index contributed by atoms with van der Waals surface area (Å²) in [4.78, 5) is 12.2. The summed E-state index contributed by atoms with van der Waals surface area (Å²) in [5, 5.41) is 3.08. The lowest BCUT2D eigenvalue weighted by Crippen LogP contribution is -2.31. The highest BCUT2D eigenvalue weighted by Gasteiger charge is 2.25. The summed E-state index contributed by atoms with van der Waals surface area (Å²) in [5.41, 5.74) is 0. The second kappa shape index (κ2) is 5.33. The second-order valence-electron chi connectivity index (χ2n) is 5.07. The Morgan fingerprint density at radius 2 is 1.67 bits per heavy atom. The molecule has 2 aliphatic rings. The summed E-state index contributed by atoms with van der Waals surface area (Å²) >= 11 is 3.65. The maximum absolute atomic E-state index is 11.5. The standard InChI is InChI=1S/C12H20BrNO/c13-11-5-3-10(4-6-11)8-14-12(15)7-9-1-2-9/h9-11H,1-8H2,(H,14,15). The first-order valence-electron chi connectivity index (χ1n) is 6.15. The molecule has 0 spiro atoms. The van der Waals surface area contributed by atoms with Crippen molar-refractivity contribution in [3.8, 4) is 0 Å². The molecule has 0 aliphatic heterocycles. The predicted molar refractivity (Wildman–Crippen MR) is 65.0 cm³/mol. The summed E-state index contributed by atoms with van der Waals surface area (Å²) in [6, 6.07) is 0. The van der Waals surface area contributed by atoms with Crippen molar-refractivity contribution in [2.24, 2.45) is 11.8 Å². The van der Waals surface area contributed by atoms with Gasteiger partial charge in [0.05, 0.1) is 0 Å². The van der Waals surface area contributed by atoms with Gasteiger partial charge in [0.25, 0.3) is 0 Å². The van der Waals surface area contributed by atoms with Gasteiger partial charge in [0, 0.05) is 17.8 Å². The van der Waals surface area contributed by atoms with Crippen LogP contribution in [0, 0.1) is 11.8 Å². The number of rotatable bonds is 4. The van der Waals surface area contributed by atoms with Gasteiger partial charge in [-0.2, -0.15) is 0 Å². The Balaban J connectivity index is 1.58. The number of hydrogen-bond donors (Lipinski definition) is 1. The molecule has 0 unspecified atom stereocenters. The van der Waals surface area contributed by atoms with Gasteiger partial charge in [-0.1, -0.05) is 15.9 Å². The molecule has 2 rings (SSSR count). The number of carbonyl (C=O) groups is 1. The van der Waals surface area contributed by atoms with E-state index in [-0.39, 0.29) is 5.91 Å². The van der Waals surface area contributed by atoms with Crippen molar-refractivity contribution in [3.05, 3.63) is 0 Å². The van der Waals surface area contributed by atoms with Crippen molar-refractivity contribution in [1.82, 2.24) is 5.32 Å². The number of amides is 1. The largest absolute Gasteiger partial charge is 0.356 e. The Labute approximate surface area is 100 Å². The molecular weight excluding hydrogens is 254 g/mol. The van der Waals surface area contributed by atoms with Crippen LogP contribution >= 0.6 is 15.9 Å². The molecule has 3 heteroatoms. The van der Waals surface area contributed by atoms with Crippen LogP contribution in [0.2, 0.25) is 0 Å². The zero-order valence-corrected chi connectivity index (χ0v) is 10.8. The zero-order valence-electron chi connectivity index (χ0n) is 9.18. The quantitative estimate of drug-likeness (QED) is 0.785. The third kappa shape index (κ3) is 4.13. The first kappa shape index (κ1) is 11.4. The minimum Gasteiger partial charge on any atom is -0.356 e. The first-order valence-corrected chi connectivity index (χ1v) is 7.06. The normalized spacial score (nSPS) is 31.3. The van der Waals surface area contributed by atoms with Crippen LogP contribution in [0.1, 0.15) is 44.9 Å². The fourth-order valence-corrected chi connectivity index (χ4v) is 2.77. The van der Waals surface area contributed by atoms with Gasteiger partial charge in [-0.25, -0.2) is 0 Å². The van der Waals surface area contributed by atoms with E-state index < -0.39 is 0 Å². The van der Waals surface area contributed by atoms with E-state index in [0.717, 1.165) is 23.7 Å². The number of halogens is 1. The number of alkyl halides is 1. The molecule has 1 N–H and O–H groups in total. The Hall–Kier alpha value is -0.0500. The number of nitrogens with one attached hydrogen (secondary N) is 1. The molecule has 0 bridgehead atoms. The van der Waals surface area contributed by atoms with Crippen molar-refractivity contribution in [2.45, 2.75) is 49.8 Å².